The Hall–Kier alpha value is -2.28. The predicted octanol–water partition coefficient (Wildman–Crippen LogP) is 1.13. The normalized spacial score (nSPS) is 21.7. The highest BCUT2D eigenvalue weighted by atomic mass is 16.1. The number of rotatable bonds is 4. The Morgan fingerprint density at radius 3 is 2.87 bits per heavy atom. The Morgan fingerprint density at radius 1 is 1.43 bits per heavy atom. The molecular formula is C16H22N6O. The van der Waals surface area contributed by atoms with Crippen LogP contribution in [0.2, 0.25) is 0 Å². The molecular weight excluding hydrogens is 292 g/mol. The summed E-state index contributed by atoms with van der Waals surface area (Å²) >= 11 is 0. The van der Waals surface area contributed by atoms with Crippen LogP contribution in [0.3, 0.4) is 0 Å². The summed E-state index contributed by atoms with van der Waals surface area (Å²) in [7, 11) is 1.91. The van der Waals surface area contributed by atoms with E-state index in [2.05, 4.69) is 26.9 Å². The first kappa shape index (κ1) is 15.6. The van der Waals surface area contributed by atoms with Gasteiger partial charge in [0.2, 0.25) is 0 Å². The van der Waals surface area contributed by atoms with Crippen LogP contribution in [-0.4, -0.2) is 37.1 Å². The summed E-state index contributed by atoms with van der Waals surface area (Å²) in [6.45, 7) is 5.75. The van der Waals surface area contributed by atoms with Crippen LogP contribution in [0.25, 0.3) is 0 Å². The molecule has 0 unspecified atom stereocenters. The van der Waals surface area contributed by atoms with Crippen molar-refractivity contribution in [2.75, 3.05) is 6.54 Å². The van der Waals surface area contributed by atoms with Gasteiger partial charge < -0.3 is 5.73 Å². The first-order chi connectivity index (χ1) is 10.9. The number of aromatic nitrogens is 4. The summed E-state index contributed by atoms with van der Waals surface area (Å²) < 4.78 is 1.80. The maximum absolute atomic E-state index is 11.5. The van der Waals surface area contributed by atoms with Crippen LogP contribution in [0, 0.1) is 6.92 Å². The third-order valence-electron chi connectivity index (χ3n) is 4.51. The van der Waals surface area contributed by atoms with Crippen molar-refractivity contribution in [3.8, 4) is 0 Å². The number of nitrogens with zero attached hydrogens (tertiary/aromatic N) is 5. The number of carbonyl (C=O) groups excluding carboxylic acids is 1. The molecule has 1 saturated heterocycles. The number of likely N-dealkylation sites (tertiary alicyclic amines) is 1. The smallest absolute Gasteiger partial charge is 0.267 e. The number of primary amides is 1. The number of carbonyl (C=O) groups is 1. The van der Waals surface area contributed by atoms with Crippen molar-refractivity contribution in [3.05, 3.63) is 41.2 Å². The molecule has 0 aromatic carbocycles. The molecule has 0 aliphatic carbocycles. The van der Waals surface area contributed by atoms with Gasteiger partial charge in [0.05, 0.1) is 11.7 Å². The molecule has 1 aliphatic heterocycles. The van der Waals surface area contributed by atoms with Crippen molar-refractivity contribution < 1.29 is 4.79 Å². The molecule has 0 bridgehead atoms. The molecule has 7 nitrogen and oxygen atoms in total. The van der Waals surface area contributed by atoms with Crippen molar-refractivity contribution >= 4 is 5.91 Å². The molecule has 1 aliphatic rings. The monoisotopic (exact) mass is 314 g/mol. The van der Waals surface area contributed by atoms with E-state index >= 15 is 0 Å². The van der Waals surface area contributed by atoms with Crippen molar-refractivity contribution in [1.29, 1.82) is 0 Å². The zero-order valence-electron chi connectivity index (χ0n) is 13.8. The molecule has 1 atom stereocenters. The molecule has 2 N–H and O–H groups in total. The van der Waals surface area contributed by atoms with E-state index in [0.717, 1.165) is 37.2 Å². The number of aryl methyl sites for hydroxylation is 2. The minimum absolute atomic E-state index is 0.280. The van der Waals surface area contributed by atoms with E-state index in [1.807, 2.05) is 26.4 Å². The van der Waals surface area contributed by atoms with Gasteiger partial charge in [-0.05, 0) is 39.3 Å². The molecule has 3 heterocycles. The molecule has 2 aromatic rings. The van der Waals surface area contributed by atoms with Gasteiger partial charge in [0.15, 0.2) is 0 Å². The average Bonchev–Trinajstić information content (AvgIpc) is 3.06. The fourth-order valence-corrected chi connectivity index (χ4v) is 3.24. The third-order valence-corrected chi connectivity index (χ3v) is 4.51. The van der Waals surface area contributed by atoms with Gasteiger partial charge in [0.1, 0.15) is 11.5 Å². The van der Waals surface area contributed by atoms with Crippen LogP contribution in [0.5, 0.6) is 0 Å². The second-order valence-corrected chi connectivity index (χ2v) is 6.40. The number of hydrogen-bond donors (Lipinski definition) is 1. The quantitative estimate of drug-likeness (QED) is 0.913. The summed E-state index contributed by atoms with van der Waals surface area (Å²) in [6.07, 6.45) is 5.92. The molecule has 0 radical (unpaired) electrons. The van der Waals surface area contributed by atoms with Crippen molar-refractivity contribution in [2.45, 2.75) is 38.8 Å². The zero-order chi connectivity index (χ0) is 16.6. The Bertz CT molecular complexity index is 740. The van der Waals surface area contributed by atoms with Crippen molar-refractivity contribution in [1.82, 2.24) is 24.6 Å². The Kier molecular flexibility index (Phi) is 3.89. The number of nitrogens with two attached hydrogens (primary N) is 1. The molecule has 1 amide bonds. The van der Waals surface area contributed by atoms with Gasteiger partial charge in [0, 0.05) is 31.0 Å². The lowest BCUT2D eigenvalue weighted by Gasteiger charge is -2.33. The minimum atomic E-state index is -0.517. The molecule has 0 spiro atoms. The van der Waals surface area contributed by atoms with Crippen molar-refractivity contribution in [3.63, 3.8) is 0 Å². The highest BCUT2D eigenvalue weighted by molar-refractivity contribution is 5.90. The Balaban J connectivity index is 1.94. The molecule has 23 heavy (non-hydrogen) atoms. The molecule has 1 fully saturated rings. The van der Waals surface area contributed by atoms with Crippen LogP contribution in [0.1, 0.15) is 47.3 Å². The van der Waals surface area contributed by atoms with Gasteiger partial charge in [-0.15, -0.1) is 0 Å². The van der Waals surface area contributed by atoms with Gasteiger partial charge in [-0.2, -0.15) is 5.10 Å². The second kappa shape index (κ2) is 5.73. The number of hydrogen-bond acceptors (Lipinski definition) is 5. The van der Waals surface area contributed by atoms with Crippen molar-refractivity contribution in [2.24, 2.45) is 12.8 Å². The first-order valence-corrected chi connectivity index (χ1v) is 7.77. The lowest BCUT2D eigenvalue weighted by atomic mass is 9.97. The van der Waals surface area contributed by atoms with Gasteiger partial charge >= 0.3 is 0 Å². The highest BCUT2D eigenvalue weighted by Crippen LogP contribution is 2.37. The lowest BCUT2D eigenvalue weighted by molar-refractivity contribution is 0.0991. The molecule has 3 rings (SSSR count). The minimum Gasteiger partial charge on any atom is -0.364 e. The summed E-state index contributed by atoms with van der Waals surface area (Å²) in [5.41, 5.74) is 7.30. The summed E-state index contributed by atoms with van der Waals surface area (Å²) in [5.74, 6) is 0.157. The molecule has 0 saturated carbocycles. The van der Waals surface area contributed by atoms with Crippen LogP contribution in [0.4, 0.5) is 0 Å². The third kappa shape index (κ3) is 2.96. The van der Waals surface area contributed by atoms with Gasteiger partial charge in [-0.25, -0.2) is 9.97 Å². The van der Waals surface area contributed by atoms with E-state index < -0.39 is 5.91 Å². The number of amides is 1. The molecule has 7 heteroatoms. The molecule has 2 aromatic heterocycles. The standard InChI is InChI=1S/C16H22N6O/c1-11-7-13(14(17)23)20-15(19-11)16(2)5-4-6-22(16)10-12-8-18-21(3)9-12/h7-9H,4-6,10H2,1-3H3,(H2,17,23)/t16-/m1/s1. The highest BCUT2D eigenvalue weighted by Gasteiger charge is 2.41. The van der Waals surface area contributed by atoms with Crippen LogP contribution in [0.15, 0.2) is 18.5 Å². The van der Waals surface area contributed by atoms with E-state index in [1.54, 1.807) is 10.7 Å². The maximum Gasteiger partial charge on any atom is 0.267 e. The van der Waals surface area contributed by atoms with E-state index in [1.165, 1.54) is 0 Å². The van der Waals surface area contributed by atoms with E-state index in [-0.39, 0.29) is 11.2 Å². The second-order valence-electron chi connectivity index (χ2n) is 6.40. The largest absolute Gasteiger partial charge is 0.364 e. The van der Waals surface area contributed by atoms with E-state index in [4.69, 9.17) is 5.73 Å². The topological polar surface area (TPSA) is 89.9 Å². The summed E-state index contributed by atoms with van der Waals surface area (Å²) in [4.78, 5) is 22.9. The fourth-order valence-electron chi connectivity index (χ4n) is 3.24. The van der Waals surface area contributed by atoms with Gasteiger partial charge in [-0.1, -0.05) is 0 Å². The summed E-state index contributed by atoms with van der Waals surface area (Å²) in [6, 6.07) is 1.63. The maximum atomic E-state index is 11.5. The predicted molar refractivity (Wildman–Crippen MR) is 85.5 cm³/mol. The zero-order valence-corrected chi connectivity index (χ0v) is 13.8. The Labute approximate surface area is 135 Å². The van der Waals surface area contributed by atoms with Crippen LogP contribution in [-0.2, 0) is 19.1 Å². The van der Waals surface area contributed by atoms with Crippen LogP contribution >= 0.6 is 0 Å². The SMILES string of the molecule is Cc1cc(C(N)=O)nc([C@@]2(C)CCCN2Cc2cnn(C)c2)n1. The van der Waals surface area contributed by atoms with Gasteiger partial charge in [0.25, 0.3) is 5.91 Å². The fraction of sp³-hybridized carbons (Fsp3) is 0.500. The Morgan fingerprint density at radius 2 is 2.22 bits per heavy atom. The van der Waals surface area contributed by atoms with E-state index in [9.17, 15) is 4.79 Å². The first-order valence-electron chi connectivity index (χ1n) is 7.77. The lowest BCUT2D eigenvalue weighted by Crippen LogP contribution is -2.40. The average molecular weight is 314 g/mol. The van der Waals surface area contributed by atoms with Gasteiger partial charge in [-0.3, -0.25) is 14.4 Å². The summed E-state index contributed by atoms with van der Waals surface area (Å²) in [5, 5.41) is 4.23. The molecule has 122 valence electrons. The van der Waals surface area contributed by atoms with Crippen LogP contribution < -0.4 is 5.73 Å². The van der Waals surface area contributed by atoms with E-state index in [0.29, 0.717) is 5.82 Å².